The second-order valence-electron chi connectivity index (χ2n) is 6.51. The third-order valence-corrected chi connectivity index (χ3v) is 5.98. The zero-order valence-corrected chi connectivity index (χ0v) is 15.7. The number of halogens is 1. The standard InChI is InChI=1S/C20H16N2O2S.ClH/c1-22-8-6-11-10-12(2-4-15(11)22)17-16(23)5-3-14-18(17)13-7-9-25-19(13)20(24)21-14;/h2-5,7,9-10,23H,6,8H2,1H3,(H,21,24);1H. The Morgan fingerprint density at radius 3 is 2.88 bits per heavy atom. The molecule has 0 unspecified atom stereocenters. The SMILES string of the molecule is CN1CCc2cc(-c3c(O)ccc4[nH]c(=O)c5sccc5c34)ccc21.Cl. The molecule has 3 heterocycles. The molecule has 5 rings (SSSR count). The lowest BCUT2D eigenvalue weighted by molar-refractivity contribution is 0.478. The highest BCUT2D eigenvalue weighted by Gasteiger charge is 2.19. The lowest BCUT2D eigenvalue weighted by Gasteiger charge is -2.14. The van der Waals surface area contributed by atoms with Crippen molar-refractivity contribution >= 4 is 50.4 Å². The topological polar surface area (TPSA) is 56.3 Å². The first-order valence-electron chi connectivity index (χ1n) is 8.23. The Bertz CT molecular complexity index is 1210. The van der Waals surface area contributed by atoms with Crippen LogP contribution in [-0.2, 0) is 6.42 Å². The summed E-state index contributed by atoms with van der Waals surface area (Å²) in [6.07, 6.45) is 1.01. The molecule has 4 nitrogen and oxygen atoms in total. The van der Waals surface area contributed by atoms with Gasteiger partial charge in [0.05, 0.1) is 0 Å². The molecule has 0 saturated carbocycles. The number of fused-ring (bicyclic) bond motifs is 4. The van der Waals surface area contributed by atoms with E-state index in [1.54, 1.807) is 12.1 Å². The van der Waals surface area contributed by atoms with Crippen LogP contribution in [-0.4, -0.2) is 23.7 Å². The first kappa shape index (κ1) is 16.9. The molecule has 0 fully saturated rings. The number of benzene rings is 2. The van der Waals surface area contributed by atoms with Crippen molar-refractivity contribution in [2.75, 3.05) is 18.5 Å². The van der Waals surface area contributed by atoms with Crippen molar-refractivity contribution in [2.45, 2.75) is 6.42 Å². The number of nitrogens with zero attached hydrogens (tertiary/aromatic N) is 1. The van der Waals surface area contributed by atoms with Gasteiger partial charge in [0.15, 0.2) is 0 Å². The van der Waals surface area contributed by atoms with Gasteiger partial charge < -0.3 is 15.0 Å². The maximum atomic E-state index is 12.3. The summed E-state index contributed by atoms with van der Waals surface area (Å²) >= 11 is 1.43. The summed E-state index contributed by atoms with van der Waals surface area (Å²) in [6.45, 7) is 1.02. The van der Waals surface area contributed by atoms with Gasteiger partial charge in [-0.3, -0.25) is 4.79 Å². The van der Waals surface area contributed by atoms with Crippen LogP contribution in [0.25, 0.3) is 32.1 Å². The minimum Gasteiger partial charge on any atom is -0.507 e. The molecule has 2 aromatic heterocycles. The maximum absolute atomic E-state index is 12.3. The van der Waals surface area contributed by atoms with Crippen molar-refractivity contribution < 1.29 is 5.11 Å². The zero-order valence-electron chi connectivity index (χ0n) is 14.1. The van der Waals surface area contributed by atoms with Crippen molar-refractivity contribution in [3.05, 3.63) is 57.7 Å². The minimum absolute atomic E-state index is 0. The van der Waals surface area contributed by atoms with E-state index in [4.69, 9.17) is 0 Å². The number of phenolic OH excluding ortho intramolecular Hbond substituents is 1. The maximum Gasteiger partial charge on any atom is 0.266 e. The van der Waals surface area contributed by atoms with Crippen LogP contribution in [0.15, 0.2) is 46.6 Å². The summed E-state index contributed by atoms with van der Waals surface area (Å²) in [5.41, 5.74) is 4.98. The molecule has 0 atom stereocenters. The summed E-state index contributed by atoms with van der Waals surface area (Å²) in [4.78, 5) is 17.5. The Labute approximate surface area is 160 Å². The quantitative estimate of drug-likeness (QED) is 0.507. The molecule has 0 bridgehead atoms. The van der Waals surface area contributed by atoms with E-state index < -0.39 is 0 Å². The highest BCUT2D eigenvalue weighted by molar-refractivity contribution is 7.17. The molecule has 4 aromatic rings. The number of likely N-dealkylation sites (N-methyl/N-ethyl adjacent to an activating group) is 1. The molecular weight excluding hydrogens is 368 g/mol. The number of H-pyrrole nitrogens is 1. The number of hydrogen-bond donors (Lipinski definition) is 2. The summed E-state index contributed by atoms with van der Waals surface area (Å²) in [5, 5.41) is 14.4. The molecule has 2 aromatic carbocycles. The summed E-state index contributed by atoms with van der Waals surface area (Å²) < 4.78 is 0.695. The number of aromatic nitrogens is 1. The van der Waals surface area contributed by atoms with Gasteiger partial charge in [0.1, 0.15) is 10.4 Å². The lowest BCUT2D eigenvalue weighted by atomic mass is 9.95. The van der Waals surface area contributed by atoms with E-state index in [1.165, 1.54) is 22.6 Å². The molecular formula is C20H17ClN2O2S. The third-order valence-electron chi connectivity index (χ3n) is 5.07. The molecule has 0 radical (unpaired) electrons. The van der Waals surface area contributed by atoms with Crippen molar-refractivity contribution in [3.8, 4) is 16.9 Å². The number of hydrogen-bond acceptors (Lipinski definition) is 4. The van der Waals surface area contributed by atoms with Gasteiger partial charge in [-0.25, -0.2) is 0 Å². The third kappa shape index (κ3) is 2.31. The smallest absolute Gasteiger partial charge is 0.266 e. The fourth-order valence-electron chi connectivity index (χ4n) is 3.85. The molecule has 0 aliphatic carbocycles. The molecule has 132 valence electrons. The van der Waals surface area contributed by atoms with E-state index in [-0.39, 0.29) is 23.7 Å². The van der Waals surface area contributed by atoms with E-state index >= 15 is 0 Å². The van der Waals surface area contributed by atoms with Crippen LogP contribution in [0.3, 0.4) is 0 Å². The average Bonchev–Trinajstić information content (AvgIpc) is 3.23. The van der Waals surface area contributed by atoms with E-state index in [9.17, 15) is 9.90 Å². The van der Waals surface area contributed by atoms with Crippen molar-refractivity contribution in [1.29, 1.82) is 0 Å². The van der Waals surface area contributed by atoms with Crippen LogP contribution >= 0.6 is 23.7 Å². The zero-order chi connectivity index (χ0) is 17.1. The average molecular weight is 385 g/mol. The van der Waals surface area contributed by atoms with Crippen LogP contribution in [0.2, 0.25) is 0 Å². The van der Waals surface area contributed by atoms with Gasteiger partial charge in [0, 0.05) is 41.1 Å². The van der Waals surface area contributed by atoms with Crippen LogP contribution in [0, 0.1) is 0 Å². The number of anilines is 1. The Morgan fingerprint density at radius 1 is 1.19 bits per heavy atom. The predicted octanol–water partition coefficient (Wildman–Crippen LogP) is 4.53. The van der Waals surface area contributed by atoms with Gasteiger partial charge in [0.25, 0.3) is 5.56 Å². The molecule has 1 aliphatic heterocycles. The first-order valence-corrected chi connectivity index (χ1v) is 9.11. The number of rotatable bonds is 1. The number of pyridine rings is 1. The number of thiophene rings is 1. The van der Waals surface area contributed by atoms with Crippen molar-refractivity contribution in [1.82, 2.24) is 4.98 Å². The van der Waals surface area contributed by atoms with E-state index in [2.05, 4.69) is 35.1 Å². The molecule has 0 amide bonds. The number of nitrogens with one attached hydrogen (secondary N) is 1. The number of aromatic hydroxyl groups is 1. The second-order valence-corrected chi connectivity index (χ2v) is 7.43. The van der Waals surface area contributed by atoms with E-state index in [0.29, 0.717) is 4.70 Å². The molecule has 0 spiro atoms. The van der Waals surface area contributed by atoms with Gasteiger partial charge in [-0.05, 0) is 53.3 Å². The first-order chi connectivity index (χ1) is 12.1. The van der Waals surface area contributed by atoms with E-state index in [0.717, 1.165) is 40.4 Å². The highest BCUT2D eigenvalue weighted by Crippen LogP contribution is 2.41. The van der Waals surface area contributed by atoms with Crippen LogP contribution < -0.4 is 10.5 Å². The lowest BCUT2D eigenvalue weighted by Crippen LogP contribution is -2.12. The molecule has 1 aliphatic rings. The van der Waals surface area contributed by atoms with Crippen molar-refractivity contribution in [2.24, 2.45) is 0 Å². The summed E-state index contributed by atoms with van der Waals surface area (Å²) in [7, 11) is 2.10. The van der Waals surface area contributed by atoms with Gasteiger partial charge in [-0.15, -0.1) is 23.7 Å². The Kier molecular flexibility index (Phi) is 3.93. The summed E-state index contributed by atoms with van der Waals surface area (Å²) in [6, 6.07) is 11.7. The second kappa shape index (κ2) is 6.04. The van der Waals surface area contributed by atoms with Gasteiger partial charge in [0.2, 0.25) is 0 Å². The van der Waals surface area contributed by atoms with Gasteiger partial charge in [-0.1, -0.05) is 6.07 Å². The highest BCUT2D eigenvalue weighted by atomic mass is 35.5. The van der Waals surface area contributed by atoms with E-state index in [1.807, 2.05) is 11.4 Å². The predicted molar refractivity (Wildman–Crippen MR) is 111 cm³/mol. The molecule has 26 heavy (non-hydrogen) atoms. The largest absolute Gasteiger partial charge is 0.507 e. The van der Waals surface area contributed by atoms with Gasteiger partial charge >= 0.3 is 0 Å². The van der Waals surface area contributed by atoms with Gasteiger partial charge in [-0.2, -0.15) is 0 Å². The van der Waals surface area contributed by atoms with Crippen LogP contribution in [0.1, 0.15) is 5.56 Å². The monoisotopic (exact) mass is 384 g/mol. The van der Waals surface area contributed by atoms with Crippen LogP contribution in [0.4, 0.5) is 5.69 Å². The number of phenols is 1. The normalized spacial score (nSPS) is 13.2. The Hall–Kier alpha value is -2.50. The molecule has 2 N–H and O–H groups in total. The number of aromatic amines is 1. The Balaban J connectivity index is 0.00000168. The summed E-state index contributed by atoms with van der Waals surface area (Å²) in [5.74, 6) is 0.235. The molecule has 6 heteroatoms. The van der Waals surface area contributed by atoms with Crippen molar-refractivity contribution in [3.63, 3.8) is 0 Å². The minimum atomic E-state index is -0.0790. The fourth-order valence-corrected chi connectivity index (χ4v) is 4.65. The van der Waals surface area contributed by atoms with Crippen LogP contribution in [0.5, 0.6) is 5.75 Å². The molecule has 0 saturated heterocycles. The fraction of sp³-hybridized carbons (Fsp3) is 0.150. The Morgan fingerprint density at radius 2 is 2.04 bits per heavy atom.